The van der Waals surface area contributed by atoms with Crippen molar-refractivity contribution >= 4 is 0 Å². The van der Waals surface area contributed by atoms with Gasteiger partial charge < -0.3 is 9.47 Å². The van der Waals surface area contributed by atoms with Crippen molar-refractivity contribution in [3.63, 3.8) is 0 Å². The van der Waals surface area contributed by atoms with Crippen LogP contribution in [-0.2, 0) is 6.42 Å². The molecule has 0 fully saturated rings. The van der Waals surface area contributed by atoms with Crippen LogP contribution in [0.5, 0.6) is 11.5 Å². The number of H-pyrrole nitrogens is 1. The topological polar surface area (TPSA) is 86.2 Å². The molecule has 0 saturated carbocycles. The molecule has 0 unspecified atom stereocenters. The lowest BCUT2D eigenvalue weighted by Gasteiger charge is -2.10. The van der Waals surface area contributed by atoms with Crippen LogP contribution in [0, 0.1) is 0 Å². The highest BCUT2D eigenvalue weighted by Gasteiger charge is 2.13. The van der Waals surface area contributed by atoms with Gasteiger partial charge in [-0.05, 0) is 29.8 Å². The molecular weight excluding hydrogens is 322 g/mol. The summed E-state index contributed by atoms with van der Waals surface area (Å²) in [6.07, 6.45) is 0.253. The van der Waals surface area contributed by atoms with Crippen LogP contribution in [0.15, 0.2) is 58.1 Å². The number of benzene rings is 2. The molecule has 2 aromatic carbocycles. The smallest absolute Gasteiger partial charge is 0.349 e. The fourth-order valence-electron chi connectivity index (χ4n) is 2.55. The van der Waals surface area contributed by atoms with E-state index in [0.29, 0.717) is 17.2 Å². The molecule has 1 N–H and O–H groups in total. The number of hydrogen-bond donors (Lipinski definition) is 1. The summed E-state index contributed by atoms with van der Waals surface area (Å²) in [6, 6.07) is 14.1. The van der Waals surface area contributed by atoms with Crippen LogP contribution < -0.4 is 20.7 Å². The molecule has 1 heterocycles. The Morgan fingerprint density at radius 2 is 1.72 bits per heavy atom. The summed E-state index contributed by atoms with van der Waals surface area (Å²) in [6.45, 7) is 0. The molecule has 0 amide bonds. The third-order valence-electron chi connectivity index (χ3n) is 3.77. The normalized spacial score (nSPS) is 10.5. The molecule has 7 nitrogen and oxygen atoms in total. The van der Waals surface area contributed by atoms with Crippen LogP contribution in [0.1, 0.15) is 11.3 Å². The maximum absolute atomic E-state index is 12.7. The van der Waals surface area contributed by atoms with Crippen molar-refractivity contribution < 1.29 is 9.47 Å². The van der Waals surface area contributed by atoms with E-state index in [4.69, 9.17) is 9.47 Å². The van der Waals surface area contributed by atoms with E-state index in [1.165, 1.54) is 0 Å². The first-order valence-electron chi connectivity index (χ1n) is 7.61. The summed E-state index contributed by atoms with van der Waals surface area (Å²) in [5.74, 6) is 1.16. The number of methoxy groups -OCH3 is 2. The van der Waals surface area contributed by atoms with E-state index in [1.807, 2.05) is 12.1 Å². The van der Waals surface area contributed by atoms with E-state index in [0.717, 1.165) is 10.1 Å². The first kappa shape index (κ1) is 16.5. The summed E-state index contributed by atoms with van der Waals surface area (Å²) in [7, 11) is 3.10. The van der Waals surface area contributed by atoms with Crippen molar-refractivity contribution in [1.29, 1.82) is 0 Å². The average molecular weight is 339 g/mol. The number of nitrogens with zero attached hydrogens (tertiary/aromatic N) is 2. The molecule has 0 spiro atoms. The fraction of sp³-hybridized carbons (Fsp3) is 0.167. The van der Waals surface area contributed by atoms with Gasteiger partial charge in [-0.2, -0.15) is 5.10 Å². The van der Waals surface area contributed by atoms with Gasteiger partial charge in [-0.1, -0.05) is 24.3 Å². The number of para-hydroxylation sites is 1. The Hall–Kier alpha value is -3.35. The molecule has 0 aliphatic rings. The van der Waals surface area contributed by atoms with Gasteiger partial charge in [0.25, 0.3) is 5.56 Å². The lowest BCUT2D eigenvalue weighted by Crippen LogP contribution is -2.37. The third kappa shape index (κ3) is 3.30. The van der Waals surface area contributed by atoms with Gasteiger partial charge in [0, 0.05) is 6.42 Å². The SMILES string of the molecule is COc1ccc(Cc2n[nH]c(=O)n(-c3ccccc3)c2=O)cc1OC. The summed E-state index contributed by atoms with van der Waals surface area (Å²) in [5, 5.41) is 6.30. The van der Waals surface area contributed by atoms with E-state index < -0.39 is 11.2 Å². The highest BCUT2D eigenvalue weighted by molar-refractivity contribution is 5.43. The van der Waals surface area contributed by atoms with Crippen LogP contribution in [0.25, 0.3) is 5.69 Å². The van der Waals surface area contributed by atoms with Gasteiger partial charge in [0.15, 0.2) is 11.5 Å². The van der Waals surface area contributed by atoms with E-state index in [1.54, 1.807) is 50.6 Å². The van der Waals surface area contributed by atoms with Gasteiger partial charge in [-0.15, -0.1) is 0 Å². The second-order valence-corrected chi connectivity index (χ2v) is 5.32. The van der Waals surface area contributed by atoms with E-state index >= 15 is 0 Å². The van der Waals surface area contributed by atoms with Crippen LogP contribution in [-0.4, -0.2) is 29.0 Å². The molecule has 0 aliphatic heterocycles. The molecule has 0 aliphatic carbocycles. The van der Waals surface area contributed by atoms with Crippen molar-refractivity contribution in [3.05, 3.63) is 80.6 Å². The Labute approximate surface area is 143 Å². The second kappa shape index (κ2) is 7.04. The summed E-state index contributed by atoms with van der Waals surface area (Å²) in [4.78, 5) is 24.7. The lowest BCUT2D eigenvalue weighted by atomic mass is 10.1. The minimum atomic E-state index is -0.577. The molecule has 1 aromatic heterocycles. The standard InChI is InChI=1S/C18H17N3O4/c1-24-15-9-8-12(11-16(15)25-2)10-14-17(22)21(18(23)20-19-14)13-6-4-3-5-7-13/h3-9,11H,10H2,1-2H3,(H,20,23). The largest absolute Gasteiger partial charge is 0.493 e. The highest BCUT2D eigenvalue weighted by atomic mass is 16.5. The average Bonchev–Trinajstić information content (AvgIpc) is 2.65. The van der Waals surface area contributed by atoms with Crippen LogP contribution in [0.2, 0.25) is 0 Å². The molecule has 0 atom stereocenters. The van der Waals surface area contributed by atoms with Gasteiger partial charge >= 0.3 is 5.69 Å². The molecule has 128 valence electrons. The summed E-state index contributed by atoms with van der Waals surface area (Å²) in [5.41, 5.74) is 0.506. The summed E-state index contributed by atoms with van der Waals surface area (Å²) < 4.78 is 11.5. The number of nitrogens with one attached hydrogen (secondary N) is 1. The Balaban J connectivity index is 2.02. The minimum Gasteiger partial charge on any atom is -0.493 e. The number of rotatable bonds is 5. The third-order valence-corrected chi connectivity index (χ3v) is 3.77. The first-order chi connectivity index (χ1) is 12.1. The Morgan fingerprint density at radius 3 is 2.40 bits per heavy atom. The molecule has 3 aromatic rings. The zero-order valence-electron chi connectivity index (χ0n) is 13.9. The summed E-state index contributed by atoms with van der Waals surface area (Å²) >= 11 is 0. The van der Waals surface area contributed by atoms with Crippen LogP contribution in [0.4, 0.5) is 0 Å². The minimum absolute atomic E-state index is 0.232. The van der Waals surface area contributed by atoms with Crippen molar-refractivity contribution in [2.24, 2.45) is 0 Å². The highest BCUT2D eigenvalue weighted by Crippen LogP contribution is 2.27. The molecule has 0 bridgehead atoms. The van der Waals surface area contributed by atoms with E-state index in [-0.39, 0.29) is 12.1 Å². The fourth-order valence-corrected chi connectivity index (χ4v) is 2.55. The Bertz CT molecular complexity index is 993. The Kier molecular flexibility index (Phi) is 4.65. The molecular formula is C18H17N3O4. The van der Waals surface area contributed by atoms with Gasteiger partial charge in [0.05, 0.1) is 19.9 Å². The lowest BCUT2D eigenvalue weighted by molar-refractivity contribution is 0.354. The van der Waals surface area contributed by atoms with E-state index in [9.17, 15) is 9.59 Å². The van der Waals surface area contributed by atoms with Crippen molar-refractivity contribution in [2.45, 2.75) is 6.42 Å². The molecule has 7 heteroatoms. The molecule has 0 saturated heterocycles. The van der Waals surface area contributed by atoms with Crippen molar-refractivity contribution in [1.82, 2.24) is 14.8 Å². The maximum atomic E-state index is 12.7. The predicted octanol–water partition coefficient (Wildman–Crippen LogP) is 1.53. The number of aromatic amines is 1. The van der Waals surface area contributed by atoms with E-state index in [2.05, 4.69) is 10.2 Å². The Morgan fingerprint density at radius 1 is 1.00 bits per heavy atom. The zero-order valence-corrected chi connectivity index (χ0v) is 13.9. The van der Waals surface area contributed by atoms with Gasteiger partial charge in [0.1, 0.15) is 5.69 Å². The molecule has 25 heavy (non-hydrogen) atoms. The van der Waals surface area contributed by atoms with Crippen LogP contribution >= 0.6 is 0 Å². The van der Waals surface area contributed by atoms with Crippen LogP contribution in [0.3, 0.4) is 0 Å². The molecule has 0 radical (unpaired) electrons. The molecule has 3 rings (SSSR count). The number of hydrogen-bond acceptors (Lipinski definition) is 5. The second-order valence-electron chi connectivity index (χ2n) is 5.32. The number of aromatic nitrogens is 3. The maximum Gasteiger partial charge on any atom is 0.349 e. The van der Waals surface area contributed by atoms with Crippen molar-refractivity contribution in [2.75, 3.05) is 14.2 Å². The number of ether oxygens (including phenoxy) is 2. The van der Waals surface area contributed by atoms with Gasteiger partial charge in [0.2, 0.25) is 0 Å². The quantitative estimate of drug-likeness (QED) is 0.762. The predicted molar refractivity (Wildman–Crippen MR) is 92.8 cm³/mol. The van der Waals surface area contributed by atoms with Gasteiger partial charge in [-0.3, -0.25) is 4.79 Å². The van der Waals surface area contributed by atoms with Crippen molar-refractivity contribution in [3.8, 4) is 17.2 Å². The first-order valence-corrected chi connectivity index (χ1v) is 7.61. The monoisotopic (exact) mass is 339 g/mol. The zero-order chi connectivity index (χ0) is 17.8. The van der Waals surface area contributed by atoms with Gasteiger partial charge in [-0.25, -0.2) is 14.5 Å².